The molecule has 0 saturated heterocycles. The highest BCUT2D eigenvalue weighted by Gasteiger charge is 2.19. The normalized spacial score (nSPS) is 10.2. The Hall–Kier alpha value is -1.40. The lowest BCUT2D eigenvalue weighted by atomic mass is 10.2. The van der Waals surface area contributed by atoms with Crippen LogP contribution in [0.2, 0.25) is 0 Å². The molecule has 1 rings (SSSR count). The number of nitrogens with two attached hydrogens (primary N) is 1. The molecule has 0 amide bonds. The van der Waals surface area contributed by atoms with Crippen LogP contribution in [-0.2, 0) is 11.4 Å². The standard InChI is InChI=1S/C9H11F2NO3/c1-13-6-3-5(4-15-12)7(10)9(14-2)8(6)11/h3H,4,12H2,1-2H3. The minimum atomic E-state index is -0.890. The third kappa shape index (κ3) is 2.16. The van der Waals surface area contributed by atoms with Crippen molar-refractivity contribution < 1.29 is 23.1 Å². The van der Waals surface area contributed by atoms with E-state index in [-0.39, 0.29) is 17.9 Å². The van der Waals surface area contributed by atoms with Gasteiger partial charge < -0.3 is 9.47 Å². The van der Waals surface area contributed by atoms with Crippen molar-refractivity contribution in [3.8, 4) is 11.5 Å². The molecule has 0 heterocycles. The third-order valence-corrected chi connectivity index (χ3v) is 1.87. The van der Waals surface area contributed by atoms with Crippen LogP contribution in [0, 0.1) is 11.6 Å². The first-order valence-corrected chi connectivity index (χ1v) is 4.06. The van der Waals surface area contributed by atoms with Crippen molar-refractivity contribution in [1.82, 2.24) is 0 Å². The summed E-state index contributed by atoms with van der Waals surface area (Å²) in [6, 6.07) is 1.17. The van der Waals surface area contributed by atoms with Crippen LogP contribution in [0.4, 0.5) is 8.78 Å². The quantitative estimate of drug-likeness (QED) is 0.777. The molecular weight excluding hydrogens is 208 g/mol. The maximum absolute atomic E-state index is 13.5. The Kier molecular flexibility index (Phi) is 3.81. The highest BCUT2D eigenvalue weighted by molar-refractivity contribution is 5.41. The minimum Gasteiger partial charge on any atom is -0.494 e. The fourth-order valence-corrected chi connectivity index (χ4v) is 1.16. The van der Waals surface area contributed by atoms with E-state index < -0.39 is 17.4 Å². The Balaban J connectivity index is 3.30. The Morgan fingerprint density at radius 2 is 1.87 bits per heavy atom. The molecule has 6 heteroatoms. The summed E-state index contributed by atoms with van der Waals surface area (Å²) in [6.45, 7) is -0.196. The van der Waals surface area contributed by atoms with Gasteiger partial charge in [-0.3, -0.25) is 4.84 Å². The summed E-state index contributed by atoms with van der Waals surface area (Å²) in [7, 11) is 2.43. The van der Waals surface area contributed by atoms with E-state index in [9.17, 15) is 8.78 Å². The van der Waals surface area contributed by atoms with Crippen molar-refractivity contribution in [3.63, 3.8) is 0 Å². The van der Waals surface area contributed by atoms with E-state index in [0.717, 1.165) is 7.11 Å². The van der Waals surface area contributed by atoms with Gasteiger partial charge in [-0.1, -0.05) is 0 Å². The Morgan fingerprint density at radius 1 is 1.20 bits per heavy atom. The van der Waals surface area contributed by atoms with E-state index in [1.807, 2.05) is 0 Å². The lowest BCUT2D eigenvalue weighted by Gasteiger charge is -2.11. The Bertz CT molecular complexity index is 358. The molecule has 0 unspecified atom stereocenters. The SMILES string of the molecule is COc1cc(CON)c(F)c(OC)c1F. The van der Waals surface area contributed by atoms with Crippen LogP contribution in [-0.4, -0.2) is 14.2 Å². The van der Waals surface area contributed by atoms with Gasteiger partial charge in [-0.15, -0.1) is 0 Å². The van der Waals surface area contributed by atoms with E-state index >= 15 is 0 Å². The smallest absolute Gasteiger partial charge is 0.209 e. The van der Waals surface area contributed by atoms with E-state index in [1.165, 1.54) is 13.2 Å². The number of hydrogen-bond donors (Lipinski definition) is 1. The minimum absolute atomic E-state index is 0.0626. The number of rotatable bonds is 4. The van der Waals surface area contributed by atoms with Gasteiger partial charge in [-0.2, -0.15) is 4.39 Å². The zero-order valence-corrected chi connectivity index (χ0v) is 8.34. The number of methoxy groups -OCH3 is 2. The fourth-order valence-electron chi connectivity index (χ4n) is 1.16. The second-order valence-corrected chi connectivity index (χ2v) is 2.71. The monoisotopic (exact) mass is 219 g/mol. The molecule has 0 saturated carbocycles. The lowest BCUT2D eigenvalue weighted by molar-refractivity contribution is 0.120. The number of hydrogen-bond acceptors (Lipinski definition) is 4. The van der Waals surface area contributed by atoms with Crippen LogP contribution in [0.15, 0.2) is 6.07 Å². The van der Waals surface area contributed by atoms with Gasteiger partial charge in [-0.25, -0.2) is 10.3 Å². The highest BCUT2D eigenvalue weighted by atomic mass is 19.1. The molecule has 4 nitrogen and oxygen atoms in total. The van der Waals surface area contributed by atoms with Gasteiger partial charge in [0.05, 0.1) is 20.8 Å². The zero-order valence-electron chi connectivity index (χ0n) is 8.34. The predicted molar refractivity (Wildman–Crippen MR) is 48.4 cm³/mol. The van der Waals surface area contributed by atoms with Crippen molar-refractivity contribution in [1.29, 1.82) is 0 Å². The average Bonchev–Trinajstić information content (AvgIpc) is 2.23. The van der Waals surface area contributed by atoms with Gasteiger partial charge in [0.15, 0.2) is 17.3 Å². The molecule has 15 heavy (non-hydrogen) atoms. The summed E-state index contributed by atoms with van der Waals surface area (Å²) in [5.74, 6) is 2.43. The van der Waals surface area contributed by atoms with E-state index in [1.54, 1.807) is 0 Å². The molecule has 1 aromatic rings. The first-order valence-electron chi connectivity index (χ1n) is 4.06. The van der Waals surface area contributed by atoms with Crippen LogP contribution < -0.4 is 15.4 Å². The summed E-state index contributed by atoms with van der Waals surface area (Å²) in [5.41, 5.74) is 0.0626. The molecule has 0 atom stereocenters. The van der Waals surface area contributed by atoms with Crippen molar-refractivity contribution in [2.75, 3.05) is 14.2 Å². The van der Waals surface area contributed by atoms with Crippen molar-refractivity contribution in [2.24, 2.45) is 5.90 Å². The van der Waals surface area contributed by atoms with Crippen LogP contribution in [0.5, 0.6) is 11.5 Å². The summed E-state index contributed by atoms with van der Waals surface area (Å²) in [4.78, 5) is 4.27. The summed E-state index contributed by atoms with van der Waals surface area (Å²) >= 11 is 0. The van der Waals surface area contributed by atoms with E-state index in [2.05, 4.69) is 9.57 Å². The highest BCUT2D eigenvalue weighted by Crippen LogP contribution is 2.32. The molecular formula is C9H11F2NO3. The van der Waals surface area contributed by atoms with Crippen LogP contribution in [0.3, 0.4) is 0 Å². The van der Waals surface area contributed by atoms with Gasteiger partial charge in [0, 0.05) is 5.56 Å². The summed E-state index contributed by atoms with van der Waals surface area (Å²) < 4.78 is 36.2. The molecule has 0 aromatic heterocycles. The Labute approximate surface area is 85.5 Å². The van der Waals surface area contributed by atoms with E-state index in [4.69, 9.17) is 10.6 Å². The molecule has 0 spiro atoms. The second kappa shape index (κ2) is 4.90. The molecule has 1 aromatic carbocycles. The average molecular weight is 219 g/mol. The van der Waals surface area contributed by atoms with Crippen molar-refractivity contribution in [3.05, 3.63) is 23.3 Å². The van der Waals surface area contributed by atoms with Crippen LogP contribution >= 0.6 is 0 Å². The molecule has 0 aliphatic carbocycles. The Morgan fingerprint density at radius 3 is 2.33 bits per heavy atom. The van der Waals surface area contributed by atoms with Crippen LogP contribution in [0.1, 0.15) is 5.56 Å². The first-order chi connectivity index (χ1) is 7.15. The maximum atomic E-state index is 13.5. The molecule has 0 bridgehead atoms. The van der Waals surface area contributed by atoms with Gasteiger partial charge in [0.25, 0.3) is 0 Å². The molecule has 84 valence electrons. The topological polar surface area (TPSA) is 53.7 Å². The zero-order chi connectivity index (χ0) is 11.4. The maximum Gasteiger partial charge on any atom is 0.209 e. The summed E-state index contributed by atoms with van der Waals surface area (Å²) in [6.07, 6.45) is 0. The molecule has 0 fully saturated rings. The summed E-state index contributed by atoms with van der Waals surface area (Å²) in [5, 5.41) is 0. The van der Waals surface area contributed by atoms with Gasteiger partial charge in [0.2, 0.25) is 5.82 Å². The van der Waals surface area contributed by atoms with Crippen molar-refractivity contribution >= 4 is 0 Å². The van der Waals surface area contributed by atoms with Gasteiger partial charge in [0.1, 0.15) is 0 Å². The molecule has 0 aliphatic heterocycles. The first kappa shape index (κ1) is 11.7. The van der Waals surface area contributed by atoms with Crippen molar-refractivity contribution in [2.45, 2.75) is 6.61 Å². The van der Waals surface area contributed by atoms with Gasteiger partial charge >= 0.3 is 0 Å². The number of halogens is 2. The molecule has 0 radical (unpaired) electrons. The van der Waals surface area contributed by atoms with Crippen LogP contribution in [0.25, 0.3) is 0 Å². The second-order valence-electron chi connectivity index (χ2n) is 2.71. The predicted octanol–water partition coefficient (Wildman–Crippen LogP) is 1.37. The lowest BCUT2D eigenvalue weighted by Crippen LogP contribution is -2.05. The molecule has 2 N–H and O–H groups in total. The third-order valence-electron chi connectivity index (χ3n) is 1.87. The fraction of sp³-hybridized carbons (Fsp3) is 0.333. The number of ether oxygens (including phenoxy) is 2. The number of benzene rings is 1. The largest absolute Gasteiger partial charge is 0.494 e. The molecule has 0 aliphatic rings. The van der Waals surface area contributed by atoms with Gasteiger partial charge in [-0.05, 0) is 6.07 Å². The van der Waals surface area contributed by atoms with E-state index in [0.29, 0.717) is 0 Å².